The van der Waals surface area contributed by atoms with Crippen molar-refractivity contribution in [3.8, 4) is 5.75 Å². The number of hydrogen-bond donors (Lipinski definition) is 0. The van der Waals surface area contributed by atoms with Gasteiger partial charge in [0, 0.05) is 11.3 Å². The zero-order valence-corrected chi connectivity index (χ0v) is 12.6. The summed E-state index contributed by atoms with van der Waals surface area (Å²) in [5.41, 5.74) is 2.64. The Morgan fingerprint density at radius 2 is 2.10 bits per heavy atom. The molecule has 5 heteroatoms. The van der Waals surface area contributed by atoms with Crippen molar-refractivity contribution >= 4 is 11.8 Å². The van der Waals surface area contributed by atoms with Gasteiger partial charge in [-0.25, -0.2) is 14.4 Å². The van der Waals surface area contributed by atoms with Gasteiger partial charge in [0.15, 0.2) is 5.82 Å². The van der Waals surface area contributed by atoms with E-state index in [0.717, 1.165) is 16.9 Å². The van der Waals surface area contributed by atoms with Crippen molar-refractivity contribution < 1.29 is 9.13 Å². The quantitative estimate of drug-likeness (QED) is 0.620. The number of ether oxygens (including phenoxy) is 1. The first-order chi connectivity index (χ1) is 9.65. The van der Waals surface area contributed by atoms with E-state index >= 15 is 0 Å². The Morgan fingerprint density at radius 1 is 1.30 bits per heavy atom. The van der Waals surface area contributed by atoms with E-state index in [2.05, 4.69) is 9.97 Å². The highest BCUT2D eigenvalue weighted by Gasteiger charge is 2.11. The predicted molar refractivity (Wildman–Crippen MR) is 78.7 cm³/mol. The molecule has 3 nitrogen and oxygen atoms in total. The van der Waals surface area contributed by atoms with Crippen LogP contribution in [0.5, 0.6) is 5.75 Å². The van der Waals surface area contributed by atoms with Gasteiger partial charge in [-0.15, -0.1) is 0 Å². The average molecular weight is 292 g/mol. The predicted octanol–water partition coefficient (Wildman–Crippen LogP) is 3.79. The normalized spacial score (nSPS) is 10.6. The molecule has 1 aromatic heterocycles. The van der Waals surface area contributed by atoms with Crippen molar-refractivity contribution in [1.82, 2.24) is 9.97 Å². The highest BCUT2D eigenvalue weighted by atomic mass is 32.2. The van der Waals surface area contributed by atoms with Crippen LogP contribution in [0.15, 0.2) is 29.6 Å². The molecule has 0 saturated heterocycles. The number of aromatic nitrogens is 2. The summed E-state index contributed by atoms with van der Waals surface area (Å²) < 4.78 is 19.4. The molecule has 2 rings (SSSR count). The van der Waals surface area contributed by atoms with Gasteiger partial charge in [-0.2, -0.15) is 0 Å². The molecule has 106 valence electrons. The summed E-state index contributed by atoms with van der Waals surface area (Å²) in [6.07, 6.45) is 1.98. The number of thioether (sulfide) groups is 1. The van der Waals surface area contributed by atoms with Crippen molar-refractivity contribution in [2.75, 3.05) is 7.11 Å². The van der Waals surface area contributed by atoms with Crippen molar-refractivity contribution in [3.63, 3.8) is 0 Å². The molecule has 0 atom stereocenters. The molecule has 0 spiro atoms. The maximum Gasteiger partial charge on any atom is 0.176 e. The Bertz CT molecular complexity index is 604. The van der Waals surface area contributed by atoms with Crippen LogP contribution in [0.1, 0.15) is 23.7 Å². The van der Waals surface area contributed by atoms with Crippen LogP contribution in [-0.4, -0.2) is 17.1 Å². The summed E-state index contributed by atoms with van der Waals surface area (Å²) >= 11 is 1.36. The summed E-state index contributed by atoms with van der Waals surface area (Å²) in [6, 6.07) is 5.97. The Labute approximate surface area is 122 Å². The smallest absolute Gasteiger partial charge is 0.176 e. The van der Waals surface area contributed by atoms with E-state index in [9.17, 15) is 4.39 Å². The largest absolute Gasteiger partial charge is 0.496 e. The van der Waals surface area contributed by atoms with E-state index < -0.39 is 0 Å². The van der Waals surface area contributed by atoms with Crippen LogP contribution >= 0.6 is 11.8 Å². The Morgan fingerprint density at radius 3 is 2.80 bits per heavy atom. The molecule has 0 unspecified atom stereocenters. The van der Waals surface area contributed by atoms with Crippen LogP contribution in [0.25, 0.3) is 0 Å². The third-order valence-electron chi connectivity index (χ3n) is 2.96. The van der Waals surface area contributed by atoms with Crippen LogP contribution < -0.4 is 4.74 Å². The molecule has 0 amide bonds. The van der Waals surface area contributed by atoms with Gasteiger partial charge in [-0.1, -0.05) is 36.4 Å². The highest BCUT2D eigenvalue weighted by molar-refractivity contribution is 7.98. The molecule has 0 aliphatic heterocycles. The van der Waals surface area contributed by atoms with Gasteiger partial charge in [0.2, 0.25) is 0 Å². The average Bonchev–Trinajstić information content (AvgIpc) is 2.46. The summed E-state index contributed by atoms with van der Waals surface area (Å²) in [7, 11) is 1.64. The topological polar surface area (TPSA) is 35.0 Å². The van der Waals surface area contributed by atoms with Crippen molar-refractivity contribution in [2.45, 2.75) is 31.0 Å². The van der Waals surface area contributed by atoms with Crippen LogP contribution in [0.4, 0.5) is 4.39 Å². The minimum atomic E-state index is -0.313. The minimum Gasteiger partial charge on any atom is -0.496 e. The molecule has 0 radical (unpaired) electrons. The van der Waals surface area contributed by atoms with E-state index in [1.54, 1.807) is 7.11 Å². The maximum atomic E-state index is 14.1. The Kier molecular flexibility index (Phi) is 4.95. The number of rotatable bonds is 5. The fraction of sp³-hybridized carbons (Fsp3) is 0.333. The van der Waals surface area contributed by atoms with Crippen LogP contribution in [-0.2, 0) is 12.2 Å². The van der Waals surface area contributed by atoms with E-state index in [0.29, 0.717) is 22.9 Å². The lowest BCUT2D eigenvalue weighted by atomic mass is 10.1. The number of benzene rings is 1. The molecule has 0 N–H and O–H groups in total. The molecule has 0 bridgehead atoms. The highest BCUT2D eigenvalue weighted by Crippen LogP contribution is 2.29. The SMILES string of the molecule is CCc1ncnc(SCc2cc(C)ccc2OC)c1F. The molecular formula is C15H17FN2OS. The molecule has 0 fully saturated rings. The Hall–Kier alpha value is -1.62. The maximum absolute atomic E-state index is 14.1. The van der Waals surface area contributed by atoms with Gasteiger partial charge in [-0.05, 0) is 19.4 Å². The summed E-state index contributed by atoms with van der Waals surface area (Å²) in [5, 5.41) is 0.389. The summed E-state index contributed by atoms with van der Waals surface area (Å²) in [4.78, 5) is 7.95. The number of aryl methyl sites for hydroxylation is 2. The zero-order valence-electron chi connectivity index (χ0n) is 11.8. The second-order valence-corrected chi connectivity index (χ2v) is 5.36. The molecule has 0 aliphatic rings. The van der Waals surface area contributed by atoms with Crippen LogP contribution in [0.2, 0.25) is 0 Å². The van der Waals surface area contributed by atoms with Crippen molar-refractivity contribution in [2.24, 2.45) is 0 Å². The fourth-order valence-electron chi connectivity index (χ4n) is 1.90. The van der Waals surface area contributed by atoms with E-state index in [-0.39, 0.29) is 5.82 Å². The van der Waals surface area contributed by atoms with Gasteiger partial charge >= 0.3 is 0 Å². The summed E-state index contributed by atoms with van der Waals surface area (Å²) in [5.74, 6) is 1.11. The molecule has 1 aromatic carbocycles. The third kappa shape index (κ3) is 3.28. The first-order valence-electron chi connectivity index (χ1n) is 6.41. The lowest BCUT2D eigenvalue weighted by Gasteiger charge is -2.09. The molecule has 0 saturated carbocycles. The second-order valence-electron chi connectivity index (χ2n) is 4.40. The van der Waals surface area contributed by atoms with Gasteiger partial charge in [0.05, 0.1) is 12.8 Å². The van der Waals surface area contributed by atoms with Gasteiger partial charge in [0.1, 0.15) is 17.1 Å². The molecular weight excluding hydrogens is 275 g/mol. The Balaban J connectivity index is 2.19. The summed E-state index contributed by atoms with van der Waals surface area (Å²) in [6.45, 7) is 3.90. The van der Waals surface area contributed by atoms with Gasteiger partial charge in [0.25, 0.3) is 0 Å². The molecule has 1 heterocycles. The van der Waals surface area contributed by atoms with Gasteiger partial charge < -0.3 is 4.74 Å². The van der Waals surface area contributed by atoms with Gasteiger partial charge in [-0.3, -0.25) is 0 Å². The van der Waals surface area contributed by atoms with E-state index in [1.165, 1.54) is 18.1 Å². The van der Waals surface area contributed by atoms with E-state index in [1.807, 2.05) is 32.0 Å². The lowest BCUT2D eigenvalue weighted by Crippen LogP contribution is -1.98. The number of methoxy groups -OCH3 is 1. The monoisotopic (exact) mass is 292 g/mol. The lowest BCUT2D eigenvalue weighted by molar-refractivity contribution is 0.411. The van der Waals surface area contributed by atoms with E-state index in [4.69, 9.17) is 4.74 Å². The molecule has 2 aromatic rings. The van der Waals surface area contributed by atoms with Crippen LogP contribution in [0.3, 0.4) is 0 Å². The second kappa shape index (κ2) is 6.70. The first-order valence-corrected chi connectivity index (χ1v) is 7.40. The molecule has 20 heavy (non-hydrogen) atoms. The third-order valence-corrected chi connectivity index (χ3v) is 3.98. The van der Waals surface area contributed by atoms with Crippen LogP contribution in [0, 0.1) is 12.7 Å². The minimum absolute atomic E-state index is 0.313. The fourth-order valence-corrected chi connectivity index (χ4v) is 2.79. The zero-order chi connectivity index (χ0) is 14.5. The van der Waals surface area contributed by atoms with Crippen molar-refractivity contribution in [3.05, 3.63) is 47.2 Å². The number of halogens is 1. The number of hydrogen-bond acceptors (Lipinski definition) is 4. The van der Waals surface area contributed by atoms with Crippen molar-refractivity contribution in [1.29, 1.82) is 0 Å². The number of nitrogens with zero attached hydrogens (tertiary/aromatic N) is 2. The molecule has 0 aliphatic carbocycles. The first kappa shape index (κ1) is 14.8. The standard InChI is InChI=1S/C15H17FN2OS/c1-4-12-14(16)15(18-9-17-12)20-8-11-7-10(2)5-6-13(11)19-3/h5-7,9H,4,8H2,1-3H3.